The highest BCUT2D eigenvalue weighted by Crippen LogP contribution is 2.17. The molecule has 0 radical (unpaired) electrons. The maximum atomic E-state index is 12.9. The zero-order valence-corrected chi connectivity index (χ0v) is 10.5. The van der Waals surface area contributed by atoms with Crippen LogP contribution < -0.4 is 5.32 Å². The summed E-state index contributed by atoms with van der Waals surface area (Å²) in [6, 6.07) is 4.35. The molecule has 0 saturated heterocycles. The van der Waals surface area contributed by atoms with Crippen LogP contribution in [0.2, 0.25) is 0 Å². The van der Waals surface area contributed by atoms with Gasteiger partial charge in [0.25, 0.3) is 0 Å². The first-order valence-electron chi connectivity index (χ1n) is 4.92. The Balaban J connectivity index is 2.47. The largest absolute Gasteiger partial charge is 0.372 e. The minimum Gasteiger partial charge on any atom is -0.372 e. The fourth-order valence-corrected chi connectivity index (χ4v) is 1.51. The fraction of sp³-hybridized carbons (Fsp3) is 0.364. The summed E-state index contributed by atoms with van der Waals surface area (Å²) >= 11 is 3.28. The van der Waals surface area contributed by atoms with Gasteiger partial charge in [0, 0.05) is 17.6 Å². The molecule has 0 unspecified atom stereocenters. The fourth-order valence-electron chi connectivity index (χ4n) is 1.12. The molecule has 1 aromatic carbocycles. The van der Waals surface area contributed by atoms with Crippen LogP contribution in [0.25, 0.3) is 0 Å². The Hall–Kier alpha value is -0.940. The van der Waals surface area contributed by atoms with Crippen LogP contribution in [0, 0.1) is 5.82 Å². The monoisotopic (exact) mass is 289 g/mol. The molecule has 0 aliphatic rings. The molecule has 0 atom stereocenters. The minimum atomic E-state index is -0.322. The van der Waals surface area contributed by atoms with Gasteiger partial charge in [-0.25, -0.2) is 4.39 Å². The Bertz CT molecular complexity index is 371. The maximum Gasteiger partial charge on any atom is 0.246 e. The number of nitrogens with one attached hydrogen (secondary N) is 1. The molecule has 88 valence electrons. The van der Waals surface area contributed by atoms with Crippen LogP contribution >= 0.6 is 15.9 Å². The van der Waals surface area contributed by atoms with Crippen molar-refractivity contribution >= 4 is 21.8 Å². The van der Waals surface area contributed by atoms with Gasteiger partial charge in [-0.1, -0.05) is 15.9 Å². The van der Waals surface area contributed by atoms with E-state index < -0.39 is 0 Å². The molecule has 0 aromatic heterocycles. The number of rotatable bonds is 5. The van der Waals surface area contributed by atoms with E-state index in [1.165, 1.54) is 12.1 Å². The number of halogens is 2. The molecule has 1 rings (SSSR count). The van der Waals surface area contributed by atoms with Crippen molar-refractivity contribution in [3.05, 3.63) is 34.1 Å². The Morgan fingerprint density at radius 2 is 2.31 bits per heavy atom. The van der Waals surface area contributed by atoms with Gasteiger partial charge in [0.1, 0.15) is 12.4 Å². The average Bonchev–Trinajstić information content (AvgIpc) is 2.27. The number of hydrogen-bond donors (Lipinski definition) is 1. The topological polar surface area (TPSA) is 38.3 Å². The molecule has 1 amide bonds. The molecule has 1 N–H and O–H groups in total. The van der Waals surface area contributed by atoms with Gasteiger partial charge in [-0.3, -0.25) is 4.79 Å². The van der Waals surface area contributed by atoms with E-state index in [1.807, 2.05) is 6.92 Å². The van der Waals surface area contributed by atoms with Gasteiger partial charge in [-0.2, -0.15) is 0 Å². The van der Waals surface area contributed by atoms with E-state index in [1.54, 1.807) is 6.07 Å². The number of amides is 1. The molecule has 0 saturated carbocycles. The molecule has 1 aromatic rings. The SMILES string of the molecule is CCOCC(=O)NCc1cc(F)ccc1Br. The van der Waals surface area contributed by atoms with Gasteiger partial charge in [-0.15, -0.1) is 0 Å². The van der Waals surface area contributed by atoms with Crippen molar-refractivity contribution in [1.29, 1.82) is 0 Å². The van der Waals surface area contributed by atoms with Crippen molar-refractivity contribution < 1.29 is 13.9 Å². The van der Waals surface area contributed by atoms with E-state index in [4.69, 9.17) is 4.74 Å². The summed E-state index contributed by atoms with van der Waals surface area (Å²) in [7, 11) is 0. The zero-order chi connectivity index (χ0) is 12.0. The lowest BCUT2D eigenvalue weighted by Crippen LogP contribution is -2.27. The van der Waals surface area contributed by atoms with Gasteiger partial charge in [0.15, 0.2) is 0 Å². The summed E-state index contributed by atoms with van der Waals surface area (Å²) in [5, 5.41) is 2.64. The molecule has 0 heterocycles. The van der Waals surface area contributed by atoms with E-state index in [2.05, 4.69) is 21.2 Å². The Morgan fingerprint density at radius 1 is 1.56 bits per heavy atom. The molecule has 3 nitrogen and oxygen atoms in total. The lowest BCUT2D eigenvalue weighted by Gasteiger charge is -2.07. The number of carbonyl (C=O) groups is 1. The van der Waals surface area contributed by atoms with Crippen molar-refractivity contribution in [2.45, 2.75) is 13.5 Å². The van der Waals surface area contributed by atoms with Crippen LogP contribution in [0.3, 0.4) is 0 Å². The van der Waals surface area contributed by atoms with Gasteiger partial charge < -0.3 is 10.1 Å². The number of benzene rings is 1. The number of hydrogen-bond acceptors (Lipinski definition) is 2. The van der Waals surface area contributed by atoms with E-state index in [-0.39, 0.29) is 24.9 Å². The molecular formula is C11H13BrFNO2. The van der Waals surface area contributed by atoms with Crippen LogP contribution in [-0.2, 0) is 16.1 Å². The normalized spacial score (nSPS) is 10.2. The maximum absolute atomic E-state index is 12.9. The Labute approximate surface area is 102 Å². The van der Waals surface area contributed by atoms with E-state index in [0.717, 1.165) is 4.47 Å². The summed E-state index contributed by atoms with van der Waals surface area (Å²) in [4.78, 5) is 11.2. The van der Waals surface area contributed by atoms with Crippen LogP contribution in [0.4, 0.5) is 4.39 Å². The predicted molar refractivity (Wildman–Crippen MR) is 62.4 cm³/mol. The quantitative estimate of drug-likeness (QED) is 0.903. The lowest BCUT2D eigenvalue weighted by atomic mass is 10.2. The molecular weight excluding hydrogens is 277 g/mol. The van der Waals surface area contributed by atoms with Crippen LogP contribution in [0.1, 0.15) is 12.5 Å². The molecule has 5 heteroatoms. The molecule has 16 heavy (non-hydrogen) atoms. The van der Waals surface area contributed by atoms with E-state index in [9.17, 15) is 9.18 Å². The number of ether oxygens (including phenoxy) is 1. The van der Waals surface area contributed by atoms with Crippen LogP contribution in [0.15, 0.2) is 22.7 Å². The third kappa shape index (κ3) is 4.28. The molecule has 0 bridgehead atoms. The second-order valence-corrected chi connectivity index (χ2v) is 4.00. The van der Waals surface area contributed by atoms with Crippen molar-refractivity contribution in [3.63, 3.8) is 0 Å². The third-order valence-corrected chi connectivity index (χ3v) is 2.69. The van der Waals surface area contributed by atoms with Gasteiger partial charge in [0.2, 0.25) is 5.91 Å². The summed E-state index contributed by atoms with van der Waals surface area (Å²) in [6.45, 7) is 2.63. The van der Waals surface area contributed by atoms with Crippen molar-refractivity contribution in [1.82, 2.24) is 5.32 Å². The smallest absolute Gasteiger partial charge is 0.246 e. The Morgan fingerprint density at radius 3 is 3.00 bits per heavy atom. The first kappa shape index (κ1) is 13.1. The highest BCUT2D eigenvalue weighted by atomic mass is 79.9. The summed E-state index contributed by atoms with van der Waals surface area (Å²) in [5.74, 6) is -0.532. The summed E-state index contributed by atoms with van der Waals surface area (Å²) in [6.07, 6.45) is 0. The Kier molecular flexibility index (Phi) is 5.42. The highest BCUT2D eigenvalue weighted by Gasteiger charge is 2.04. The number of carbonyl (C=O) groups excluding carboxylic acids is 1. The molecule has 0 spiro atoms. The first-order valence-corrected chi connectivity index (χ1v) is 5.71. The minimum absolute atomic E-state index is 0.0312. The van der Waals surface area contributed by atoms with Crippen molar-refractivity contribution in [3.8, 4) is 0 Å². The average molecular weight is 290 g/mol. The van der Waals surface area contributed by atoms with Crippen molar-refractivity contribution in [2.24, 2.45) is 0 Å². The van der Waals surface area contributed by atoms with Crippen molar-refractivity contribution in [2.75, 3.05) is 13.2 Å². The van der Waals surface area contributed by atoms with Crippen LogP contribution in [0.5, 0.6) is 0 Å². The van der Waals surface area contributed by atoms with Gasteiger partial charge >= 0.3 is 0 Å². The second-order valence-electron chi connectivity index (χ2n) is 3.15. The summed E-state index contributed by atoms with van der Waals surface area (Å²) in [5.41, 5.74) is 0.699. The predicted octanol–water partition coefficient (Wildman–Crippen LogP) is 2.24. The molecule has 0 aliphatic carbocycles. The zero-order valence-electron chi connectivity index (χ0n) is 8.93. The lowest BCUT2D eigenvalue weighted by molar-refractivity contribution is -0.125. The van der Waals surface area contributed by atoms with Gasteiger partial charge in [-0.05, 0) is 30.7 Å². The van der Waals surface area contributed by atoms with E-state index in [0.29, 0.717) is 12.2 Å². The summed E-state index contributed by atoms with van der Waals surface area (Å²) < 4.78 is 18.6. The third-order valence-electron chi connectivity index (χ3n) is 1.92. The first-order chi connectivity index (χ1) is 7.63. The molecule has 0 fully saturated rings. The van der Waals surface area contributed by atoms with E-state index >= 15 is 0 Å². The van der Waals surface area contributed by atoms with Crippen LogP contribution in [-0.4, -0.2) is 19.1 Å². The second kappa shape index (κ2) is 6.60. The highest BCUT2D eigenvalue weighted by molar-refractivity contribution is 9.10. The molecule has 0 aliphatic heterocycles. The van der Waals surface area contributed by atoms with Gasteiger partial charge in [0.05, 0.1) is 0 Å². The standard InChI is InChI=1S/C11H13BrFNO2/c1-2-16-7-11(15)14-6-8-5-9(13)3-4-10(8)12/h3-5H,2,6-7H2,1H3,(H,14,15).